The van der Waals surface area contributed by atoms with Crippen LogP contribution in [0.1, 0.15) is 32.3 Å². The summed E-state index contributed by atoms with van der Waals surface area (Å²) in [5.74, 6) is 0.645. The standard InChI is InChI=1S/C13H18O/c1-11(2)13(8-9-13)14-10-12-6-4-3-5-7-12/h3-7,11H,8-10H2,1-2H3. The largest absolute Gasteiger partial charge is 0.370 e. The first-order valence-electron chi connectivity index (χ1n) is 5.41. The molecule has 0 aliphatic heterocycles. The summed E-state index contributed by atoms with van der Waals surface area (Å²) in [6.45, 7) is 5.26. The van der Waals surface area contributed by atoms with E-state index >= 15 is 0 Å². The van der Waals surface area contributed by atoms with Crippen LogP contribution in [-0.2, 0) is 11.3 Å². The zero-order chi connectivity index (χ0) is 10.0. The number of hydrogen-bond acceptors (Lipinski definition) is 1. The normalized spacial score (nSPS) is 18.5. The second-order valence-electron chi connectivity index (χ2n) is 4.49. The molecule has 1 aromatic carbocycles. The Hall–Kier alpha value is -0.820. The van der Waals surface area contributed by atoms with Gasteiger partial charge in [0, 0.05) is 0 Å². The number of rotatable bonds is 4. The van der Waals surface area contributed by atoms with E-state index in [0.29, 0.717) is 5.92 Å². The van der Waals surface area contributed by atoms with Gasteiger partial charge < -0.3 is 4.74 Å². The summed E-state index contributed by atoms with van der Waals surface area (Å²) >= 11 is 0. The van der Waals surface area contributed by atoms with Crippen molar-refractivity contribution in [2.75, 3.05) is 0 Å². The van der Waals surface area contributed by atoms with Crippen LogP contribution in [0.4, 0.5) is 0 Å². The molecular formula is C13H18O. The van der Waals surface area contributed by atoms with E-state index in [0.717, 1.165) is 6.61 Å². The lowest BCUT2D eigenvalue weighted by Crippen LogP contribution is -2.21. The van der Waals surface area contributed by atoms with Gasteiger partial charge in [-0.25, -0.2) is 0 Å². The Kier molecular flexibility index (Phi) is 2.60. The highest BCUT2D eigenvalue weighted by molar-refractivity contribution is 5.14. The molecule has 0 saturated heterocycles. The molecule has 0 aromatic heterocycles. The van der Waals surface area contributed by atoms with Gasteiger partial charge in [0.05, 0.1) is 12.2 Å². The second kappa shape index (κ2) is 3.74. The third-order valence-electron chi connectivity index (χ3n) is 3.16. The van der Waals surface area contributed by atoms with Crippen molar-refractivity contribution in [1.82, 2.24) is 0 Å². The van der Waals surface area contributed by atoms with Crippen molar-refractivity contribution in [3.8, 4) is 0 Å². The summed E-state index contributed by atoms with van der Waals surface area (Å²) in [6, 6.07) is 10.4. The summed E-state index contributed by atoms with van der Waals surface area (Å²) in [6.07, 6.45) is 2.47. The fourth-order valence-corrected chi connectivity index (χ4v) is 1.81. The van der Waals surface area contributed by atoms with Crippen LogP contribution in [0.2, 0.25) is 0 Å². The maximum atomic E-state index is 5.99. The van der Waals surface area contributed by atoms with Gasteiger partial charge in [0.15, 0.2) is 0 Å². The van der Waals surface area contributed by atoms with E-state index in [1.807, 2.05) is 6.07 Å². The Morgan fingerprint density at radius 3 is 2.36 bits per heavy atom. The Bertz CT molecular complexity index is 285. The maximum Gasteiger partial charge on any atom is 0.0724 e. The highest BCUT2D eigenvalue weighted by atomic mass is 16.5. The molecule has 1 heteroatoms. The molecule has 0 unspecified atom stereocenters. The highest BCUT2D eigenvalue weighted by Crippen LogP contribution is 2.46. The van der Waals surface area contributed by atoms with Crippen LogP contribution < -0.4 is 0 Å². The zero-order valence-corrected chi connectivity index (χ0v) is 8.99. The van der Waals surface area contributed by atoms with Gasteiger partial charge in [-0.2, -0.15) is 0 Å². The Morgan fingerprint density at radius 2 is 1.86 bits per heavy atom. The molecule has 1 fully saturated rings. The molecule has 0 atom stereocenters. The molecule has 0 N–H and O–H groups in total. The van der Waals surface area contributed by atoms with E-state index in [-0.39, 0.29) is 5.60 Å². The van der Waals surface area contributed by atoms with E-state index in [4.69, 9.17) is 4.74 Å². The van der Waals surface area contributed by atoms with Crippen molar-refractivity contribution in [3.63, 3.8) is 0 Å². The predicted octanol–water partition coefficient (Wildman–Crippen LogP) is 3.39. The fourth-order valence-electron chi connectivity index (χ4n) is 1.81. The number of benzene rings is 1. The quantitative estimate of drug-likeness (QED) is 0.707. The van der Waals surface area contributed by atoms with E-state index in [9.17, 15) is 0 Å². The van der Waals surface area contributed by atoms with Crippen molar-refractivity contribution < 1.29 is 4.74 Å². The van der Waals surface area contributed by atoms with Crippen LogP contribution in [0, 0.1) is 5.92 Å². The van der Waals surface area contributed by atoms with Crippen molar-refractivity contribution >= 4 is 0 Å². The van der Waals surface area contributed by atoms with Crippen molar-refractivity contribution in [2.45, 2.75) is 38.9 Å². The molecule has 0 radical (unpaired) electrons. The lowest BCUT2D eigenvalue weighted by molar-refractivity contribution is -0.0112. The van der Waals surface area contributed by atoms with Gasteiger partial charge in [0.2, 0.25) is 0 Å². The molecule has 2 rings (SSSR count). The maximum absolute atomic E-state index is 5.99. The molecule has 1 saturated carbocycles. The third kappa shape index (κ3) is 1.98. The van der Waals surface area contributed by atoms with Gasteiger partial charge >= 0.3 is 0 Å². The van der Waals surface area contributed by atoms with Gasteiger partial charge in [-0.05, 0) is 24.3 Å². The molecule has 0 bridgehead atoms. The van der Waals surface area contributed by atoms with E-state index in [2.05, 4.69) is 38.1 Å². The molecule has 1 aliphatic carbocycles. The molecule has 1 aromatic rings. The van der Waals surface area contributed by atoms with Crippen LogP contribution in [0.5, 0.6) is 0 Å². The first-order chi connectivity index (χ1) is 6.73. The molecule has 0 amide bonds. The smallest absolute Gasteiger partial charge is 0.0724 e. The molecule has 14 heavy (non-hydrogen) atoms. The Morgan fingerprint density at radius 1 is 1.21 bits per heavy atom. The molecule has 1 nitrogen and oxygen atoms in total. The van der Waals surface area contributed by atoms with Crippen LogP contribution in [-0.4, -0.2) is 5.60 Å². The number of ether oxygens (including phenoxy) is 1. The molecule has 0 heterocycles. The summed E-state index contributed by atoms with van der Waals surface area (Å²) < 4.78 is 5.99. The van der Waals surface area contributed by atoms with E-state index in [1.54, 1.807) is 0 Å². The lowest BCUT2D eigenvalue weighted by Gasteiger charge is -2.20. The molecular weight excluding hydrogens is 172 g/mol. The monoisotopic (exact) mass is 190 g/mol. The fraction of sp³-hybridized carbons (Fsp3) is 0.538. The second-order valence-corrected chi connectivity index (χ2v) is 4.49. The third-order valence-corrected chi connectivity index (χ3v) is 3.16. The Balaban J connectivity index is 1.89. The van der Waals surface area contributed by atoms with Crippen molar-refractivity contribution in [3.05, 3.63) is 35.9 Å². The van der Waals surface area contributed by atoms with E-state index in [1.165, 1.54) is 18.4 Å². The van der Waals surface area contributed by atoms with Gasteiger partial charge in [-0.3, -0.25) is 0 Å². The van der Waals surface area contributed by atoms with Crippen LogP contribution in [0.15, 0.2) is 30.3 Å². The number of hydrogen-bond donors (Lipinski definition) is 0. The van der Waals surface area contributed by atoms with Gasteiger partial charge in [0.1, 0.15) is 0 Å². The van der Waals surface area contributed by atoms with E-state index < -0.39 is 0 Å². The average Bonchev–Trinajstić information content (AvgIpc) is 2.97. The highest BCUT2D eigenvalue weighted by Gasteiger charge is 2.46. The minimum atomic E-state index is 0.204. The SMILES string of the molecule is CC(C)C1(OCc2ccccc2)CC1. The minimum Gasteiger partial charge on any atom is -0.370 e. The molecule has 1 aliphatic rings. The van der Waals surface area contributed by atoms with Gasteiger partial charge in [-0.15, -0.1) is 0 Å². The first kappa shape index (κ1) is 9.72. The summed E-state index contributed by atoms with van der Waals surface area (Å²) in [4.78, 5) is 0. The zero-order valence-electron chi connectivity index (χ0n) is 8.99. The van der Waals surface area contributed by atoms with Gasteiger partial charge in [-0.1, -0.05) is 44.2 Å². The van der Waals surface area contributed by atoms with Crippen molar-refractivity contribution in [2.24, 2.45) is 5.92 Å². The van der Waals surface area contributed by atoms with Crippen LogP contribution in [0.3, 0.4) is 0 Å². The molecule has 76 valence electrons. The predicted molar refractivity (Wildman–Crippen MR) is 58.0 cm³/mol. The molecule has 0 spiro atoms. The summed E-state index contributed by atoms with van der Waals surface area (Å²) in [5, 5.41) is 0. The lowest BCUT2D eigenvalue weighted by atomic mass is 10.1. The summed E-state index contributed by atoms with van der Waals surface area (Å²) in [5.41, 5.74) is 1.48. The van der Waals surface area contributed by atoms with Crippen LogP contribution in [0.25, 0.3) is 0 Å². The van der Waals surface area contributed by atoms with Crippen LogP contribution >= 0.6 is 0 Å². The van der Waals surface area contributed by atoms with Gasteiger partial charge in [0.25, 0.3) is 0 Å². The topological polar surface area (TPSA) is 9.23 Å². The first-order valence-corrected chi connectivity index (χ1v) is 5.41. The Labute approximate surface area is 86.1 Å². The summed E-state index contributed by atoms with van der Waals surface area (Å²) in [7, 11) is 0. The minimum absolute atomic E-state index is 0.204. The average molecular weight is 190 g/mol. The van der Waals surface area contributed by atoms with Crippen molar-refractivity contribution in [1.29, 1.82) is 0 Å².